The van der Waals surface area contributed by atoms with Crippen LogP contribution in [-0.2, 0) is 11.2 Å². The Morgan fingerprint density at radius 2 is 1.94 bits per heavy atom. The van der Waals surface area contributed by atoms with E-state index in [2.05, 4.69) is 15.5 Å². The predicted molar refractivity (Wildman–Crippen MR) is 134 cm³/mol. The lowest BCUT2D eigenvalue weighted by Crippen LogP contribution is -2.62. The van der Waals surface area contributed by atoms with Crippen LogP contribution in [0.15, 0.2) is 18.2 Å². The van der Waals surface area contributed by atoms with Crippen molar-refractivity contribution >= 4 is 40.5 Å². The van der Waals surface area contributed by atoms with E-state index in [0.717, 1.165) is 55.9 Å². The minimum atomic E-state index is -0.450. The quantitative estimate of drug-likeness (QED) is 0.520. The number of hydrogen-bond donors (Lipinski definition) is 3. The van der Waals surface area contributed by atoms with Gasteiger partial charge in [0.1, 0.15) is 0 Å². The minimum absolute atomic E-state index is 0.00266. The number of likely N-dealkylation sites (tertiary alicyclic amines) is 1. The summed E-state index contributed by atoms with van der Waals surface area (Å²) in [6.07, 6.45) is 9.30. The lowest BCUT2D eigenvalue weighted by atomic mass is 9.52. The molecule has 0 spiro atoms. The normalized spacial score (nSPS) is 37.0. The maximum atomic E-state index is 13.5. The van der Waals surface area contributed by atoms with Gasteiger partial charge in [0.2, 0.25) is 5.91 Å². The van der Waals surface area contributed by atoms with Gasteiger partial charge in [-0.2, -0.15) is 0 Å². The number of rotatable bonds is 6. The monoisotopic (exact) mass is 487 g/mol. The molecule has 6 fully saturated rings. The van der Waals surface area contributed by atoms with Crippen LogP contribution in [0.3, 0.4) is 0 Å². The van der Waals surface area contributed by atoms with E-state index in [1.807, 2.05) is 18.2 Å². The van der Waals surface area contributed by atoms with E-state index in [1.54, 1.807) is 0 Å². The number of thiocarbonyl (C=S) groups is 1. The first kappa shape index (κ1) is 22.1. The second kappa shape index (κ2) is 8.39. The molecule has 5 saturated carbocycles. The van der Waals surface area contributed by atoms with Gasteiger partial charge in [0.15, 0.2) is 5.11 Å². The molecule has 3 atom stereocenters. The second-order valence-electron chi connectivity index (χ2n) is 11.5. The number of aliphatic hydroxyl groups is 1. The zero-order valence-corrected chi connectivity index (χ0v) is 20.6. The molecule has 7 heteroatoms. The summed E-state index contributed by atoms with van der Waals surface area (Å²) in [5, 5.41) is 18.7. The molecule has 7 rings (SSSR count). The molecule has 33 heavy (non-hydrogen) atoms. The summed E-state index contributed by atoms with van der Waals surface area (Å²) in [5.74, 6) is 2.69. The number of carbonyl (C=O) groups excluding carboxylic acids is 1. The fourth-order valence-corrected chi connectivity index (χ4v) is 7.96. The molecule has 6 aliphatic rings. The molecular formula is C26H34ClN3O2S. The van der Waals surface area contributed by atoms with Crippen molar-refractivity contribution in [1.82, 2.24) is 10.2 Å². The number of carbonyl (C=O) groups is 1. The average molecular weight is 488 g/mol. The Labute approximate surface area is 206 Å². The number of anilines is 1. The Morgan fingerprint density at radius 1 is 1.18 bits per heavy atom. The molecule has 0 radical (unpaired) electrons. The molecule has 0 aromatic heterocycles. The van der Waals surface area contributed by atoms with Gasteiger partial charge >= 0.3 is 0 Å². The van der Waals surface area contributed by atoms with Gasteiger partial charge in [-0.25, -0.2) is 0 Å². The molecule has 5 aliphatic carbocycles. The van der Waals surface area contributed by atoms with Crippen molar-refractivity contribution in [3.05, 3.63) is 28.8 Å². The third kappa shape index (κ3) is 4.39. The second-order valence-corrected chi connectivity index (χ2v) is 12.3. The van der Waals surface area contributed by atoms with Gasteiger partial charge in [-0.1, -0.05) is 17.7 Å². The van der Waals surface area contributed by atoms with Crippen LogP contribution in [0.1, 0.15) is 56.9 Å². The number of nitrogens with one attached hydrogen (secondary N) is 2. The van der Waals surface area contributed by atoms with E-state index < -0.39 is 5.60 Å². The van der Waals surface area contributed by atoms with Crippen LogP contribution in [0.2, 0.25) is 5.02 Å². The van der Waals surface area contributed by atoms with E-state index >= 15 is 0 Å². The van der Waals surface area contributed by atoms with Crippen molar-refractivity contribution in [2.75, 3.05) is 18.4 Å². The minimum Gasteiger partial charge on any atom is -0.390 e. The summed E-state index contributed by atoms with van der Waals surface area (Å²) in [5.41, 5.74) is 1.45. The Morgan fingerprint density at radius 3 is 2.61 bits per heavy atom. The van der Waals surface area contributed by atoms with E-state index in [0.29, 0.717) is 46.3 Å². The van der Waals surface area contributed by atoms with Gasteiger partial charge in [-0.15, -0.1) is 0 Å². The Hall–Kier alpha value is -1.37. The first-order valence-corrected chi connectivity index (χ1v) is 13.5. The molecule has 1 amide bonds. The molecule has 1 saturated heterocycles. The van der Waals surface area contributed by atoms with E-state index in [9.17, 15) is 9.90 Å². The SMILES string of the molecule is O=C1C(Cc2ccc(NC(=S)NCC3CC3)cc2Cl)CCN1C1C2CC3CC1CC(O)(C3)C2. The van der Waals surface area contributed by atoms with Crippen molar-refractivity contribution in [1.29, 1.82) is 0 Å². The smallest absolute Gasteiger partial charge is 0.226 e. The van der Waals surface area contributed by atoms with Crippen LogP contribution in [-0.4, -0.2) is 45.8 Å². The van der Waals surface area contributed by atoms with Gasteiger partial charge in [-0.3, -0.25) is 4.79 Å². The van der Waals surface area contributed by atoms with Crippen LogP contribution >= 0.6 is 23.8 Å². The van der Waals surface area contributed by atoms with Gasteiger partial charge in [-0.05, 0) is 111 Å². The van der Waals surface area contributed by atoms with Crippen LogP contribution < -0.4 is 10.6 Å². The highest BCUT2D eigenvalue weighted by Gasteiger charge is 2.57. The first-order chi connectivity index (χ1) is 15.9. The maximum absolute atomic E-state index is 13.5. The van der Waals surface area contributed by atoms with Crippen molar-refractivity contribution in [2.24, 2.45) is 29.6 Å². The summed E-state index contributed by atoms with van der Waals surface area (Å²) < 4.78 is 0. The number of benzene rings is 1. The molecule has 4 bridgehead atoms. The topological polar surface area (TPSA) is 64.6 Å². The lowest BCUT2D eigenvalue weighted by Gasteiger charge is -2.59. The predicted octanol–water partition coefficient (Wildman–Crippen LogP) is 4.37. The maximum Gasteiger partial charge on any atom is 0.226 e. The summed E-state index contributed by atoms with van der Waals surface area (Å²) >= 11 is 12.0. The van der Waals surface area contributed by atoms with Gasteiger partial charge in [0, 0.05) is 35.8 Å². The molecule has 5 nitrogen and oxygen atoms in total. The van der Waals surface area contributed by atoms with Gasteiger partial charge in [0.05, 0.1) is 5.60 Å². The van der Waals surface area contributed by atoms with Crippen LogP contribution in [0, 0.1) is 29.6 Å². The summed E-state index contributed by atoms with van der Waals surface area (Å²) in [4.78, 5) is 15.6. The highest BCUT2D eigenvalue weighted by Crippen LogP contribution is 2.57. The Balaban J connectivity index is 1.08. The molecule has 3 N–H and O–H groups in total. The highest BCUT2D eigenvalue weighted by atomic mass is 35.5. The van der Waals surface area contributed by atoms with Gasteiger partial charge < -0.3 is 20.6 Å². The number of hydrogen-bond acceptors (Lipinski definition) is 3. The molecule has 178 valence electrons. The molecule has 3 unspecified atom stereocenters. The third-order valence-corrected chi connectivity index (χ3v) is 9.53. The average Bonchev–Trinajstić information content (AvgIpc) is 3.51. The fraction of sp³-hybridized carbons (Fsp3) is 0.692. The van der Waals surface area contributed by atoms with Crippen LogP contribution in [0.5, 0.6) is 0 Å². The first-order valence-electron chi connectivity index (χ1n) is 12.7. The van der Waals surface area contributed by atoms with E-state index in [-0.39, 0.29) is 5.92 Å². The molecule has 1 aliphatic heterocycles. The molecule has 1 aromatic rings. The zero-order valence-electron chi connectivity index (χ0n) is 19.1. The molecular weight excluding hydrogens is 454 g/mol. The number of amides is 1. The summed E-state index contributed by atoms with van der Waals surface area (Å²) in [6, 6.07) is 6.29. The molecule has 1 heterocycles. The number of nitrogens with zero attached hydrogens (tertiary/aromatic N) is 1. The number of halogens is 1. The van der Waals surface area contributed by atoms with E-state index in [4.69, 9.17) is 23.8 Å². The highest BCUT2D eigenvalue weighted by molar-refractivity contribution is 7.80. The lowest BCUT2D eigenvalue weighted by molar-refractivity contribution is -0.168. The summed E-state index contributed by atoms with van der Waals surface area (Å²) in [7, 11) is 0. The van der Waals surface area contributed by atoms with Crippen molar-refractivity contribution < 1.29 is 9.90 Å². The largest absolute Gasteiger partial charge is 0.390 e. The van der Waals surface area contributed by atoms with Crippen molar-refractivity contribution in [3.8, 4) is 0 Å². The van der Waals surface area contributed by atoms with Crippen LogP contribution in [0.4, 0.5) is 5.69 Å². The molecule has 1 aromatic carbocycles. The Kier molecular flexibility index (Phi) is 5.62. The van der Waals surface area contributed by atoms with Crippen molar-refractivity contribution in [3.63, 3.8) is 0 Å². The zero-order chi connectivity index (χ0) is 22.7. The van der Waals surface area contributed by atoms with E-state index in [1.165, 1.54) is 25.7 Å². The Bertz CT molecular complexity index is 951. The third-order valence-electron chi connectivity index (χ3n) is 8.93. The summed E-state index contributed by atoms with van der Waals surface area (Å²) in [6.45, 7) is 1.78. The van der Waals surface area contributed by atoms with Crippen molar-refractivity contribution in [2.45, 2.75) is 69.4 Å². The van der Waals surface area contributed by atoms with Crippen LogP contribution in [0.25, 0.3) is 0 Å². The van der Waals surface area contributed by atoms with Gasteiger partial charge in [0.25, 0.3) is 0 Å². The fourth-order valence-electron chi connectivity index (χ4n) is 7.50. The standard InChI is InChI=1S/C26H34ClN3O2S/c27-22-10-21(29-25(33)28-14-15-1-2-15)4-3-17(22)9-18-5-6-30(24(18)31)23-19-7-16-8-20(23)13-26(32,11-16)12-19/h3-4,10,15-16,18-20,23,32H,1-2,5-9,11-14H2,(H2,28,29,33).